The molecule has 5 nitrogen and oxygen atoms in total. The molecule has 1 amide bonds. The number of anilines is 1. The normalized spacial score (nSPS) is 10.5. The van der Waals surface area contributed by atoms with Crippen LogP contribution >= 0.6 is 23.6 Å². The minimum Gasteiger partial charge on any atom is -0.496 e. The fraction of sp³-hybridized carbons (Fsp3) is 0.158. The Morgan fingerprint density at radius 2 is 1.88 bits per heavy atom. The molecule has 1 aromatic heterocycles. The largest absolute Gasteiger partial charge is 0.496 e. The summed E-state index contributed by atoms with van der Waals surface area (Å²) in [5.74, 6) is 0.882. The molecule has 7 heteroatoms. The summed E-state index contributed by atoms with van der Waals surface area (Å²) in [5, 5.41) is 2.89. The maximum absolute atomic E-state index is 12.6. The number of thiazole rings is 1. The van der Waals surface area contributed by atoms with Crippen LogP contribution < -0.4 is 15.8 Å². The van der Waals surface area contributed by atoms with Crippen LogP contribution in [-0.4, -0.2) is 17.6 Å². The number of nitrogen functional groups attached to an aromatic ring is 1. The van der Waals surface area contributed by atoms with E-state index in [1.165, 1.54) is 11.3 Å². The van der Waals surface area contributed by atoms with Crippen molar-refractivity contribution in [2.24, 2.45) is 0 Å². The molecule has 3 aromatic rings. The van der Waals surface area contributed by atoms with Crippen LogP contribution in [0.1, 0.15) is 20.8 Å². The third-order valence-corrected chi connectivity index (χ3v) is 5.42. The van der Waals surface area contributed by atoms with Crippen LogP contribution in [0.15, 0.2) is 54.6 Å². The van der Waals surface area contributed by atoms with Gasteiger partial charge in [0.15, 0.2) is 3.95 Å². The lowest BCUT2D eigenvalue weighted by Gasteiger charge is -2.10. The van der Waals surface area contributed by atoms with E-state index in [1.54, 1.807) is 11.7 Å². The molecule has 134 valence electrons. The summed E-state index contributed by atoms with van der Waals surface area (Å²) in [6, 6.07) is 17.4. The topological polar surface area (TPSA) is 69.3 Å². The molecule has 26 heavy (non-hydrogen) atoms. The van der Waals surface area contributed by atoms with E-state index in [4.69, 9.17) is 22.7 Å². The minimum absolute atomic E-state index is 0.240. The van der Waals surface area contributed by atoms with Crippen molar-refractivity contribution < 1.29 is 9.53 Å². The zero-order chi connectivity index (χ0) is 18.5. The monoisotopic (exact) mass is 385 g/mol. The van der Waals surface area contributed by atoms with Gasteiger partial charge in [-0.3, -0.25) is 4.79 Å². The van der Waals surface area contributed by atoms with E-state index in [2.05, 4.69) is 5.32 Å². The Morgan fingerprint density at radius 3 is 2.62 bits per heavy atom. The molecular formula is C19H19N3O2S2. The maximum Gasteiger partial charge on any atom is 0.265 e. The van der Waals surface area contributed by atoms with Crippen LogP contribution in [0.3, 0.4) is 0 Å². The van der Waals surface area contributed by atoms with Crippen molar-refractivity contribution in [2.45, 2.75) is 13.1 Å². The van der Waals surface area contributed by atoms with Gasteiger partial charge in [0.25, 0.3) is 5.91 Å². The van der Waals surface area contributed by atoms with Gasteiger partial charge in [0, 0.05) is 12.1 Å². The van der Waals surface area contributed by atoms with Crippen LogP contribution in [0.2, 0.25) is 0 Å². The molecular weight excluding hydrogens is 366 g/mol. The van der Waals surface area contributed by atoms with Crippen molar-refractivity contribution in [3.05, 3.63) is 74.6 Å². The lowest BCUT2D eigenvalue weighted by molar-refractivity contribution is 0.0955. The number of nitrogens with two attached hydrogens (primary N) is 1. The highest BCUT2D eigenvalue weighted by Gasteiger charge is 2.17. The number of carbonyl (C=O) groups is 1. The Hall–Kier alpha value is -2.64. The number of hydrogen-bond donors (Lipinski definition) is 2. The molecule has 0 saturated carbocycles. The fourth-order valence-electron chi connectivity index (χ4n) is 2.60. The summed E-state index contributed by atoms with van der Waals surface area (Å²) in [5.41, 5.74) is 8.17. The van der Waals surface area contributed by atoms with E-state index in [9.17, 15) is 4.79 Å². The summed E-state index contributed by atoms with van der Waals surface area (Å²) in [7, 11) is 1.61. The van der Waals surface area contributed by atoms with Crippen molar-refractivity contribution in [1.29, 1.82) is 0 Å². The third kappa shape index (κ3) is 3.95. The molecule has 1 heterocycles. The predicted octanol–water partition coefficient (Wildman–Crippen LogP) is 3.85. The van der Waals surface area contributed by atoms with Gasteiger partial charge in [-0.15, -0.1) is 0 Å². The summed E-state index contributed by atoms with van der Waals surface area (Å²) < 4.78 is 7.67. The minimum atomic E-state index is -0.240. The van der Waals surface area contributed by atoms with E-state index in [1.807, 2.05) is 54.6 Å². The smallest absolute Gasteiger partial charge is 0.265 e. The fourth-order valence-corrected chi connectivity index (χ4v) is 3.84. The van der Waals surface area contributed by atoms with Gasteiger partial charge in [0.1, 0.15) is 16.4 Å². The van der Waals surface area contributed by atoms with E-state index in [-0.39, 0.29) is 5.91 Å². The molecule has 0 bridgehead atoms. The second-order valence-corrected chi connectivity index (χ2v) is 7.29. The van der Waals surface area contributed by atoms with E-state index < -0.39 is 0 Å². The Morgan fingerprint density at radius 1 is 1.19 bits per heavy atom. The number of para-hydroxylation sites is 1. The Balaban J connectivity index is 1.76. The SMILES string of the molecule is COc1ccccc1CNC(=O)c1sc(=S)n(Cc2ccccc2)c1N. The molecule has 0 atom stereocenters. The number of nitrogens with one attached hydrogen (secondary N) is 1. The Bertz CT molecular complexity index is 964. The second kappa shape index (κ2) is 8.16. The first-order chi connectivity index (χ1) is 12.6. The van der Waals surface area contributed by atoms with Crippen LogP contribution in [0.5, 0.6) is 5.75 Å². The van der Waals surface area contributed by atoms with Crippen LogP contribution in [-0.2, 0) is 13.1 Å². The van der Waals surface area contributed by atoms with E-state index in [0.29, 0.717) is 27.7 Å². The number of rotatable bonds is 6. The van der Waals surface area contributed by atoms with Gasteiger partial charge in [-0.05, 0) is 23.8 Å². The van der Waals surface area contributed by atoms with Gasteiger partial charge in [-0.2, -0.15) is 0 Å². The van der Waals surface area contributed by atoms with E-state index >= 15 is 0 Å². The number of benzene rings is 2. The number of aromatic nitrogens is 1. The lowest BCUT2D eigenvalue weighted by atomic mass is 10.2. The van der Waals surface area contributed by atoms with Gasteiger partial charge >= 0.3 is 0 Å². The lowest BCUT2D eigenvalue weighted by Crippen LogP contribution is -2.23. The number of nitrogens with zero attached hydrogens (tertiary/aromatic N) is 1. The summed E-state index contributed by atoms with van der Waals surface area (Å²) in [6.07, 6.45) is 0. The maximum atomic E-state index is 12.6. The van der Waals surface area contributed by atoms with Gasteiger partial charge < -0.3 is 20.4 Å². The number of ether oxygens (including phenoxy) is 1. The molecule has 0 saturated heterocycles. The van der Waals surface area contributed by atoms with Crippen molar-refractivity contribution in [3.63, 3.8) is 0 Å². The van der Waals surface area contributed by atoms with Crippen LogP contribution in [0.4, 0.5) is 5.82 Å². The summed E-state index contributed by atoms with van der Waals surface area (Å²) in [4.78, 5) is 13.0. The number of methoxy groups -OCH3 is 1. The Labute approximate surface area is 161 Å². The zero-order valence-corrected chi connectivity index (χ0v) is 15.9. The molecule has 0 aliphatic carbocycles. The quantitative estimate of drug-likeness (QED) is 0.633. The number of carbonyl (C=O) groups excluding carboxylic acids is 1. The first-order valence-corrected chi connectivity index (χ1v) is 9.25. The van der Waals surface area contributed by atoms with Crippen LogP contribution in [0, 0.1) is 3.95 Å². The third-order valence-electron chi connectivity index (χ3n) is 3.95. The van der Waals surface area contributed by atoms with Gasteiger partial charge in [-0.25, -0.2) is 0 Å². The molecule has 3 N–H and O–H groups in total. The number of amides is 1. The molecule has 0 aliphatic rings. The molecule has 0 fully saturated rings. The summed E-state index contributed by atoms with van der Waals surface area (Å²) in [6.45, 7) is 0.896. The molecule has 0 radical (unpaired) electrons. The highest BCUT2D eigenvalue weighted by atomic mass is 32.1. The van der Waals surface area contributed by atoms with E-state index in [0.717, 1.165) is 16.9 Å². The van der Waals surface area contributed by atoms with Crippen LogP contribution in [0.25, 0.3) is 0 Å². The van der Waals surface area contributed by atoms with Gasteiger partial charge in [-0.1, -0.05) is 59.9 Å². The average molecular weight is 386 g/mol. The standard InChI is InChI=1S/C19H19N3O2S2/c1-24-15-10-6-5-9-14(15)11-21-18(23)16-17(20)22(19(25)26-16)12-13-7-3-2-4-8-13/h2-10H,11-12,20H2,1H3,(H,21,23). The number of hydrogen-bond acceptors (Lipinski definition) is 5. The molecule has 0 spiro atoms. The Kier molecular flexibility index (Phi) is 5.70. The molecule has 0 aliphatic heterocycles. The average Bonchev–Trinajstić information content (AvgIpc) is 2.95. The van der Waals surface area contributed by atoms with Crippen molar-refractivity contribution >= 4 is 35.3 Å². The van der Waals surface area contributed by atoms with Crippen molar-refractivity contribution in [3.8, 4) is 5.75 Å². The molecule has 2 aromatic carbocycles. The highest BCUT2D eigenvalue weighted by Crippen LogP contribution is 2.24. The van der Waals surface area contributed by atoms with Crippen molar-refractivity contribution in [1.82, 2.24) is 9.88 Å². The first-order valence-electron chi connectivity index (χ1n) is 8.03. The van der Waals surface area contributed by atoms with Gasteiger partial charge in [0.2, 0.25) is 0 Å². The van der Waals surface area contributed by atoms with Crippen molar-refractivity contribution in [2.75, 3.05) is 12.8 Å². The second-order valence-electron chi connectivity index (χ2n) is 5.65. The molecule has 3 rings (SSSR count). The highest BCUT2D eigenvalue weighted by molar-refractivity contribution is 7.73. The molecule has 0 unspecified atom stereocenters. The van der Waals surface area contributed by atoms with Gasteiger partial charge in [0.05, 0.1) is 13.7 Å². The predicted molar refractivity (Wildman–Crippen MR) is 107 cm³/mol. The first kappa shape index (κ1) is 18.2. The zero-order valence-electron chi connectivity index (χ0n) is 14.3. The summed E-state index contributed by atoms with van der Waals surface area (Å²) >= 11 is 6.62.